The standard InChI is InChI=1S/C56H40O/c1-56(2,3)38-31-28-36(29-32-38)52-43-22-11-13-24-45(43)54(46-25-14-12-23-44(46)52)47-26-15-27-50-55(47)48-34-37(30-33-49(48)57-50)53-41-20-9-7-18-39(41)51(35-16-5-4-6-17-35)40-19-8-10-21-42(40)53/h4-34H,1-3H3. The zero-order valence-corrected chi connectivity index (χ0v) is 32.3. The van der Waals surface area contributed by atoms with Gasteiger partial charge >= 0.3 is 0 Å². The fourth-order valence-electron chi connectivity index (χ4n) is 9.41. The van der Waals surface area contributed by atoms with Gasteiger partial charge in [0.1, 0.15) is 11.2 Å². The molecule has 57 heavy (non-hydrogen) atoms. The van der Waals surface area contributed by atoms with E-state index in [0.717, 1.165) is 21.9 Å². The highest BCUT2D eigenvalue weighted by Gasteiger charge is 2.22. The predicted octanol–water partition coefficient (Wildman–Crippen LogP) is 16.2. The number of furan rings is 1. The van der Waals surface area contributed by atoms with E-state index in [9.17, 15) is 0 Å². The summed E-state index contributed by atoms with van der Waals surface area (Å²) in [6.45, 7) is 6.82. The van der Waals surface area contributed by atoms with E-state index in [1.165, 1.54) is 93.2 Å². The molecule has 11 aromatic rings. The van der Waals surface area contributed by atoms with Crippen LogP contribution in [-0.4, -0.2) is 0 Å². The van der Waals surface area contributed by atoms with Gasteiger partial charge in [-0.1, -0.05) is 191 Å². The van der Waals surface area contributed by atoms with Gasteiger partial charge in [0.2, 0.25) is 0 Å². The van der Waals surface area contributed by atoms with Crippen LogP contribution >= 0.6 is 0 Å². The molecule has 0 radical (unpaired) electrons. The van der Waals surface area contributed by atoms with E-state index < -0.39 is 0 Å². The summed E-state index contributed by atoms with van der Waals surface area (Å²) in [6, 6.07) is 69.0. The number of hydrogen-bond donors (Lipinski definition) is 0. The SMILES string of the molecule is CC(C)(C)c1ccc(-c2c3ccccc3c(-c3cccc4oc5ccc(-c6c7ccccc7c(-c7ccccc7)c7ccccc67)cc5c34)c3ccccc23)cc1. The van der Waals surface area contributed by atoms with Crippen LogP contribution in [0.5, 0.6) is 0 Å². The van der Waals surface area contributed by atoms with Gasteiger partial charge in [-0.25, -0.2) is 0 Å². The molecule has 0 atom stereocenters. The molecule has 0 saturated heterocycles. The highest BCUT2D eigenvalue weighted by Crippen LogP contribution is 2.49. The lowest BCUT2D eigenvalue weighted by atomic mass is 9.83. The number of benzene rings is 10. The Kier molecular flexibility index (Phi) is 7.50. The zero-order chi connectivity index (χ0) is 38.3. The van der Waals surface area contributed by atoms with E-state index in [2.05, 4.69) is 209 Å². The predicted molar refractivity (Wildman–Crippen MR) is 244 cm³/mol. The quantitative estimate of drug-likeness (QED) is 0.165. The maximum absolute atomic E-state index is 6.71. The smallest absolute Gasteiger partial charge is 0.136 e. The monoisotopic (exact) mass is 728 g/mol. The fraction of sp³-hybridized carbons (Fsp3) is 0.0714. The second-order valence-corrected chi connectivity index (χ2v) is 16.4. The highest BCUT2D eigenvalue weighted by molar-refractivity contribution is 6.27. The molecule has 1 aromatic heterocycles. The van der Waals surface area contributed by atoms with Crippen molar-refractivity contribution in [1.82, 2.24) is 0 Å². The van der Waals surface area contributed by atoms with Crippen molar-refractivity contribution >= 4 is 65.0 Å². The van der Waals surface area contributed by atoms with Crippen molar-refractivity contribution in [2.45, 2.75) is 26.2 Å². The normalized spacial score (nSPS) is 12.1. The second kappa shape index (κ2) is 12.8. The molecular weight excluding hydrogens is 689 g/mol. The molecule has 1 heteroatoms. The van der Waals surface area contributed by atoms with E-state index in [1.54, 1.807) is 0 Å². The summed E-state index contributed by atoms with van der Waals surface area (Å²) in [5.41, 5.74) is 13.0. The summed E-state index contributed by atoms with van der Waals surface area (Å²) in [5.74, 6) is 0. The van der Waals surface area contributed by atoms with Crippen LogP contribution in [0.25, 0.3) is 110 Å². The molecule has 0 aliphatic rings. The van der Waals surface area contributed by atoms with Gasteiger partial charge in [-0.05, 0) is 117 Å². The minimum absolute atomic E-state index is 0.0875. The van der Waals surface area contributed by atoms with E-state index >= 15 is 0 Å². The number of rotatable bonds is 4. The third-order valence-corrected chi connectivity index (χ3v) is 12.0. The largest absolute Gasteiger partial charge is 0.456 e. The first-order chi connectivity index (χ1) is 27.9. The average Bonchev–Trinajstić information content (AvgIpc) is 3.63. The van der Waals surface area contributed by atoms with Crippen LogP contribution in [0.3, 0.4) is 0 Å². The van der Waals surface area contributed by atoms with Crippen LogP contribution in [0, 0.1) is 0 Å². The topological polar surface area (TPSA) is 13.1 Å². The molecule has 1 nitrogen and oxygen atoms in total. The van der Waals surface area contributed by atoms with Gasteiger partial charge in [0.25, 0.3) is 0 Å². The van der Waals surface area contributed by atoms with E-state index in [0.29, 0.717) is 0 Å². The van der Waals surface area contributed by atoms with Crippen molar-refractivity contribution in [2.24, 2.45) is 0 Å². The molecule has 11 rings (SSSR count). The maximum atomic E-state index is 6.71. The Bertz CT molecular complexity index is 3240. The summed E-state index contributed by atoms with van der Waals surface area (Å²) < 4.78 is 6.71. The number of fused-ring (bicyclic) bond motifs is 7. The average molecular weight is 729 g/mol. The molecule has 270 valence electrons. The third kappa shape index (κ3) is 5.23. The Balaban J connectivity index is 1.19. The van der Waals surface area contributed by atoms with Crippen molar-refractivity contribution in [3.8, 4) is 44.5 Å². The van der Waals surface area contributed by atoms with Crippen LogP contribution in [0.2, 0.25) is 0 Å². The molecule has 0 saturated carbocycles. The molecule has 0 N–H and O–H groups in total. The van der Waals surface area contributed by atoms with Crippen LogP contribution in [0.4, 0.5) is 0 Å². The van der Waals surface area contributed by atoms with E-state index in [-0.39, 0.29) is 5.41 Å². The highest BCUT2D eigenvalue weighted by atomic mass is 16.3. The van der Waals surface area contributed by atoms with Gasteiger partial charge in [0.05, 0.1) is 0 Å². The first kappa shape index (κ1) is 33.4. The number of hydrogen-bond acceptors (Lipinski definition) is 1. The van der Waals surface area contributed by atoms with Crippen LogP contribution in [0.1, 0.15) is 26.3 Å². The Morgan fingerprint density at radius 1 is 0.316 bits per heavy atom. The van der Waals surface area contributed by atoms with Crippen molar-refractivity contribution in [3.05, 3.63) is 194 Å². The zero-order valence-electron chi connectivity index (χ0n) is 32.3. The minimum atomic E-state index is 0.0875. The Labute approximate surface area is 332 Å². The maximum Gasteiger partial charge on any atom is 0.136 e. The Morgan fingerprint density at radius 3 is 1.23 bits per heavy atom. The lowest BCUT2D eigenvalue weighted by molar-refractivity contribution is 0.590. The molecule has 0 unspecified atom stereocenters. The summed E-state index contributed by atoms with van der Waals surface area (Å²) in [6.07, 6.45) is 0. The molecule has 0 fully saturated rings. The molecule has 0 bridgehead atoms. The van der Waals surface area contributed by atoms with E-state index in [1.807, 2.05) is 0 Å². The molecule has 0 spiro atoms. The van der Waals surface area contributed by atoms with Gasteiger partial charge in [-0.15, -0.1) is 0 Å². The van der Waals surface area contributed by atoms with Crippen molar-refractivity contribution in [2.75, 3.05) is 0 Å². The van der Waals surface area contributed by atoms with E-state index in [4.69, 9.17) is 4.42 Å². The summed E-state index contributed by atoms with van der Waals surface area (Å²) in [4.78, 5) is 0. The molecule has 1 heterocycles. The molecule has 0 aliphatic carbocycles. The second-order valence-electron chi connectivity index (χ2n) is 16.4. The first-order valence-corrected chi connectivity index (χ1v) is 19.9. The van der Waals surface area contributed by atoms with Crippen molar-refractivity contribution in [1.29, 1.82) is 0 Å². The van der Waals surface area contributed by atoms with Gasteiger partial charge in [-0.3, -0.25) is 0 Å². The first-order valence-electron chi connectivity index (χ1n) is 19.9. The molecular formula is C56H40O. The summed E-state index contributed by atoms with van der Waals surface area (Å²) >= 11 is 0. The van der Waals surface area contributed by atoms with Gasteiger partial charge < -0.3 is 4.42 Å². The van der Waals surface area contributed by atoms with Crippen LogP contribution < -0.4 is 0 Å². The van der Waals surface area contributed by atoms with Crippen LogP contribution in [-0.2, 0) is 5.41 Å². The lowest BCUT2D eigenvalue weighted by Gasteiger charge is -2.21. The molecule has 0 amide bonds. The Hall–Kier alpha value is -6.96. The van der Waals surface area contributed by atoms with Crippen molar-refractivity contribution < 1.29 is 4.42 Å². The minimum Gasteiger partial charge on any atom is -0.456 e. The summed E-state index contributed by atoms with van der Waals surface area (Å²) in [7, 11) is 0. The van der Waals surface area contributed by atoms with Gasteiger partial charge in [-0.2, -0.15) is 0 Å². The molecule has 10 aromatic carbocycles. The fourth-order valence-corrected chi connectivity index (χ4v) is 9.41. The van der Waals surface area contributed by atoms with Gasteiger partial charge in [0.15, 0.2) is 0 Å². The third-order valence-electron chi connectivity index (χ3n) is 12.0. The van der Waals surface area contributed by atoms with Crippen LogP contribution in [0.15, 0.2) is 192 Å². The summed E-state index contributed by atoms with van der Waals surface area (Å²) in [5, 5.41) is 12.2. The van der Waals surface area contributed by atoms with Gasteiger partial charge in [0, 0.05) is 10.8 Å². The lowest BCUT2D eigenvalue weighted by Crippen LogP contribution is -2.10. The Morgan fingerprint density at radius 2 is 0.737 bits per heavy atom. The molecule has 0 aliphatic heterocycles. The van der Waals surface area contributed by atoms with Crippen molar-refractivity contribution in [3.63, 3.8) is 0 Å².